The number of rotatable bonds is 4. The highest BCUT2D eigenvalue weighted by molar-refractivity contribution is 5.97. The third kappa shape index (κ3) is 3.18. The normalized spacial score (nSPS) is 14.0. The van der Waals surface area contributed by atoms with Crippen molar-refractivity contribution in [2.75, 3.05) is 12.4 Å². The average molecular weight is 451 g/mol. The Kier molecular flexibility index (Phi) is 4.73. The first-order chi connectivity index (χ1) is 15.7. The maximum atomic E-state index is 16.1. The van der Waals surface area contributed by atoms with E-state index >= 15 is 8.78 Å². The van der Waals surface area contributed by atoms with Crippen LogP contribution in [0, 0.1) is 18.6 Å². The monoisotopic (exact) mass is 451 g/mol. The summed E-state index contributed by atoms with van der Waals surface area (Å²) in [6.45, 7) is 5.91. The number of methoxy groups -OCH3 is 1. The molecule has 170 valence electrons. The number of carbonyl (C=O) groups excluding carboxylic acids is 1. The van der Waals surface area contributed by atoms with Crippen molar-refractivity contribution in [3.8, 4) is 16.8 Å². The van der Waals surface area contributed by atoms with Crippen LogP contribution in [0.2, 0.25) is 0 Å². The van der Waals surface area contributed by atoms with Crippen LogP contribution in [-0.4, -0.2) is 32.4 Å². The summed E-state index contributed by atoms with van der Waals surface area (Å²) >= 11 is 0. The predicted octanol–water partition coefficient (Wildman–Crippen LogP) is 4.70. The van der Waals surface area contributed by atoms with E-state index in [1.54, 1.807) is 35.9 Å². The lowest BCUT2D eigenvalue weighted by Crippen LogP contribution is -2.36. The van der Waals surface area contributed by atoms with E-state index in [0.29, 0.717) is 34.8 Å². The smallest absolute Gasteiger partial charge is 0.307 e. The highest BCUT2D eigenvalue weighted by Crippen LogP contribution is 2.43. The molecule has 1 N–H and O–H groups in total. The van der Waals surface area contributed by atoms with Gasteiger partial charge in [0, 0.05) is 29.7 Å². The minimum absolute atomic E-state index is 0.120. The van der Waals surface area contributed by atoms with Gasteiger partial charge in [-0.1, -0.05) is 12.1 Å². The van der Waals surface area contributed by atoms with E-state index in [2.05, 4.69) is 15.5 Å². The Morgan fingerprint density at radius 2 is 2.00 bits per heavy atom. The van der Waals surface area contributed by atoms with Gasteiger partial charge in [0.25, 0.3) is 0 Å². The maximum absolute atomic E-state index is 16.1. The molecule has 1 aliphatic heterocycles. The number of aromatic nitrogens is 4. The zero-order chi connectivity index (χ0) is 23.5. The Morgan fingerprint density at radius 1 is 1.21 bits per heavy atom. The highest BCUT2D eigenvalue weighted by atomic mass is 19.1. The molecule has 1 aliphatic rings. The summed E-state index contributed by atoms with van der Waals surface area (Å²) < 4.78 is 39.8. The summed E-state index contributed by atoms with van der Waals surface area (Å²) in [5.74, 6) is -0.610. The summed E-state index contributed by atoms with van der Waals surface area (Å²) in [7, 11) is 1.34. The van der Waals surface area contributed by atoms with E-state index in [0.717, 1.165) is 5.52 Å². The van der Waals surface area contributed by atoms with Gasteiger partial charge in [-0.25, -0.2) is 8.78 Å². The van der Waals surface area contributed by atoms with Crippen LogP contribution < -0.4 is 5.32 Å². The van der Waals surface area contributed by atoms with Crippen molar-refractivity contribution in [2.45, 2.75) is 39.3 Å². The molecule has 2 aromatic heterocycles. The quantitative estimate of drug-likeness (QED) is 0.456. The lowest BCUT2D eigenvalue weighted by Gasteiger charge is -2.34. The first-order valence-electron chi connectivity index (χ1n) is 10.6. The van der Waals surface area contributed by atoms with Crippen LogP contribution in [0.1, 0.15) is 31.9 Å². The van der Waals surface area contributed by atoms with Crippen LogP contribution in [0.25, 0.3) is 27.7 Å². The SMILES string of the molecule is COC(=O)CCn1ccc2c(-c3c(F)cc4c(c3F)-n3c(C)nnc3C(C)(C)N4)cccc21. The minimum Gasteiger partial charge on any atom is -0.469 e. The molecule has 5 rings (SSSR count). The third-order valence-electron chi connectivity index (χ3n) is 6.11. The molecular formula is C24H23F2N5O2. The van der Waals surface area contributed by atoms with E-state index < -0.39 is 17.2 Å². The van der Waals surface area contributed by atoms with Crippen molar-refractivity contribution in [2.24, 2.45) is 0 Å². The van der Waals surface area contributed by atoms with E-state index in [1.807, 2.05) is 24.5 Å². The highest BCUT2D eigenvalue weighted by Gasteiger charge is 2.37. The molecule has 2 aromatic carbocycles. The van der Waals surface area contributed by atoms with Crippen LogP contribution in [-0.2, 0) is 21.6 Å². The fraction of sp³-hybridized carbons (Fsp3) is 0.292. The lowest BCUT2D eigenvalue weighted by atomic mass is 9.95. The van der Waals surface area contributed by atoms with Crippen molar-refractivity contribution >= 4 is 22.6 Å². The summed E-state index contributed by atoms with van der Waals surface area (Å²) in [5.41, 5.74) is 0.978. The zero-order valence-electron chi connectivity index (χ0n) is 18.7. The number of ether oxygens (including phenoxy) is 1. The molecule has 3 heterocycles. The largest absolute Gasteiger partial charge is 0.469 e. The molecule has 0 bridgehead atoms. The molecule has 0 atom stereocenters. The molecular weight excluding hydrogens is 428 g/mol. The van der Waals surface area contributed by atoms with Gasteiger partial charge in [-0.2, -0.15) is 0 Å². The van der Waals surface area contributed by atoms with E-state index in [9.17, 15) is 4.79 Å². The summed E-state index contributed by atoms with van der Waals surface area (Å²) in [6, 6.07) is 8.43. The van der Waals surface area contributed by atoms with Gasteiger partial charge in [-0.05, 0) is 38.5 Å². The van der Waals surface area contributed by atoms with Gasteiger partial charge < -0.3 is 14.6 Å². The number of nitrogens with one attached hydrogen (secondary N) is 1. The van der Waals surface area contributed by atoms with E-state index in [1.165, 1.54) is 13.2 Å². The van der Waals surface area contributed by atoms with Gasteiger partial charge in [-0.15, -0.1) is 10.2 Å². The molecule has 7 nitrogen and oxygen atoms in total. The average Bonchev–Trinajstić information content (AvgIpc) is 3.36. The first-order valence-corrected chi connectivity index (χ1v) is 10.6. The molecule has 0 amide bonds. The van der Waals surface area contributed by atoms with Gasteiger partial charge in [0.05, 0.1) is 30.3 Å². The fourth-order valence-corrected chi connectivity index (χ4v) is 4.55. The van der Waals surface area contributed by atoms with Gasteiger partial charge >= 0.3 is 5.97 Å². The maximum Gasteiger partial charge on any atom is 0.307 e. The Hall–Kier alpha value is -3.75. The van der Waals surface area contributed by atoms with Gasteiger partial charge in [0.2, 0.25) is 0 Å². The van der Waals surface area contributed by atoms with Crippen LogP contribution in [0.5, 0.6) is 0 Å². The number of esters is 1. The number of hydrogen-bond donors (Lipinski definition) is 1. The predicted molar refractivity (Wildman–Crippen MR) is 120 cm³/mol. The molecule has 0 unspecified atom stereocenters. The molecule has 4 aromatic rings. The van der Waals surface area contributed by atoms with Crippen molar-refractivity contribution in [1.29, 1.82) is 0 Å². The molecule has 0 saturated heterocycles. The number of aryl methyl sites for hydroxylation is 2. The summed E-state index contributed by atoms with van der Waals surface area (Å²) in [6.07, 6.45) is 2.00. The van der Waals surface area contributed by atoms with E-state index in [4.69, 9.17) is 4.74 Å². The summed E-state index contributed by atoms with van der Waals surface area (Å²) in [5, 5.41) is 12.2. The van der Waals surface area contributed by atoms with Crippen LogP contribution in [0.3, 0.4) is 0 Å². The van der Waals surface area contributed by atoms with E-state index in [-0.39, 0.29) is 23.6 Å². The second-order valence-electron chi connectivity index (χ2n) is 8.67. The van der Waals surface area contributed by atoms with Crippen molar-refractivity contribution in [1.82, 2.24) is 19.3 Å². The number of hydrogen-bond acceptors (Lipinski definition) is 5. The molecule has 0 spiro atoms. The fourth-order valence-electron chi connectivity index (χ4n) is 4.55. The van der Waals surface area contributed by atoms with Gasteiger partial charge in [0.1, 0.15) is 17.3 Å². The minimum atomic E-state index is -0.688. The van der Waals surface area contributed by atoms with Crippen LogP contribution in [0.4, 0.5) is 14.5 Å². The molecule has 0 radical (unpaired) electrons. The molecule has 9 heteroatoms. The molecule has 0 saturated carbocycles. The second kappa shape index (κ2) is 7.40. The molecule has 33 heavy (non-hydrogen) atoms. The topological polar surface area (TPSA) is 74.0 Å². The third-order valence-corrected chi connectivity index (χ3v) is 6.11. The van der Waals surface area contributed by atoms with Crippen molar-refractivity contribution in [3.05, 3.63) is 59.8 Å². The van der Waals surface area contributed by atoms with Crippen LogP contribution in [0.15, 0.2) is 36.5 Å². The van der Waals surface area contributed by atoms with Crippen molar-refractivity contribution < 1.29 is 18.3 Å². The van der Waals surface area contributed by atoms with Gasteiger partial charge in [-0.3, -0.25) is 9.36 Å². The van der Waals surface area contributed by atoms with Gasteiger partial charge in [0.15, 0.2) is 11.6 Å². The number of halogens is 2. The Morgan fingerprint density at radius 3 is 2.76 bits per heavy atom. The number of benzene rings is 2. The zero-order valence-corrected chi connectivity index (χ0v) is 18.7. The number of nitrogens with zero attached hydrogens (tertiary/aromatic N) is 4. The van der Waals surface area contributed by atoms with Crippen molar-refractivity contribution in [3.63, 3.8) is 0 Å². The first kappa shape index (κ1) is 21.1. The number of anilines is 1. The Bertz CT molecular complexity index is 1420. The Labute approximate surface area is 189 Å². The second-order valence-corrected chi connectivity index (χ2v) is 8.67. The molecule has 0 aliphatic carbocycles. The number of carbonyl (C=O) groups is 1. The lowest BCUT2D eigenvalue weighted by molar-refractivity contribution is -0.140. The standard InChI is InChI=1S/C24H23F2N5O2/c1-13-28-29-23-24(2,3)27-17-12-16(25)20(21(26)22(17)31(13)23)15-6-5-7-18-14(15)8-10-30(18)11-9-19(32)33-4/h5-8,10,12,27H,9,11H2,1-4H3. The summed E-state index contributed by atoms with van der Waals surface area (Å²) in [4.78, 5) is 11.6. The Balaban J connectivity index is 1.69. The molecule has 0 fully saturated rings. The van der Waals surface area contributed by atoms with Crippen LogP contribution >= 0.6 is 0 Å². The number of fused-ring (bicyclic) bond motifs is 4.